The Hall–Kier alpha value is -0.620. The Kier molecular flexibility index (Phi) is 4.73. The zero-order valence-electron chi connectivity index (χ0n) is 8.83. The third-order valence-electron chi connectivity index (χ3n) is 1.96. The zero-order chi connectivity index (χ0) is 12.2. The molecule has 0 aromatic heterocycles. The van der Waals surface area contributed by atoms with Gasteiger partial charge in [-0.05, 0) is 40.5 Å². The topological polar surface area (TPSA) is 46.2 Å². The molecule has 0 aliphatic heterocycles. The van der Waals surface area contributed by atoms with Crippen molar-refractivity contribution in [2.24, 2.45) is 0 Å². The summed E-state index contributed by atoms with van der Waals surface area (Å²) in [5, 5.41) is 0. The van der Waals surface area contributed by atoms with Crippen LogP contribution in [0.1, 0.15) is 19.8 Å². The number of rotatable bonds is 5. The van der Waals surface area contributed by atoms with E-state index in [1.54, 1.807) is 0 Å². The Labute approximate surface area is 103 Å². The third-order valence-corrected chi connectivity index (χ3v) is 3.98. The molecular weight excluding hydrogens is 297 g/mol. The van der Waals surface area contributed by atoms with E-state index in [2.05, 4.69) is 20.7 Å². The van der Waals surface area contributed by atoms with Gasteiger partial charge in [-0.1, -0.05) is 13.3 Å². The van der Waals surface area contributed by atoms with Crippen LogP contribution in [0.25, 0.3) is 0 Å². The molecule has 0 aliphatic rings. The number of benzene rings is 1. The highest BCUT2D eigenvalue weighted by atomic mass is 79.9. The monoisotopic (exact) mass is 309 g/mol. The third kappa shape index (κ3) is 4.09. The summed E-state index contributed by atoms with van der Waals surface area (Å²) in [5.41, 5.74) is 0.247. The molecule has 0 saturated carbocycles. The molecule has 0 spiro atoms. The van der Waals surface area contributed by atoms with E-state index in [4.69, 9.17) is 0 Å². The number of anilines is 1. The summed E-state index contributed by atoms with van der Waals surface area (Å²) < 4.78 is 38.8. The van der Waals surface area contributed by atoms with E-state index in [-0.39, 0.29) is 11.4 Å². The number of hydrogen-bond acceptors (Lipinski definition) is 2. The SMILES string of the molecule is CCCCS(=O)(=O)Nc1ccc(Br)c(F)c1. The van der Waals surface area contributed by atoms with Crippen LogP contribution in [-0.2, 0) is 10.0 Å². The first-order valence-corrected chi connectivity index (χ1v) is 7.34. The van der Waals surface area contributed by atoms with Crippen LogP contribution in [0.2, 0.25) is 0 Å². The Balaban J connectivity index is 2.76. The number of sulfonamides is 1. The Morgan fingerprint density at radius 2 is 2.12 bits per heavy atom. The smallest absolute Gasteiger partial charge is 0.232 e. The van der Waals surface area contributed by atoms with Crippen LogP contribution in [0, 0.1) is 5.82 Å². The van der Waals surface area contributed by atoms with E-state index in [1.165, 1.54) is 12.1 Å². The van der Waals surface area contributed by atoms with E-state index >= 15 is 0 Å². The molecule has 1 aromatic rings. The second-order valence-corrected chi connectivity index (χ2v) is 6.10. The van der Waals surface area contributed by atoms with Crippen molar-refractivity contribution in [1.82, 2.24) is 0 Å². The van der Waals surface area contributed by atoms with E-state index < -0.39 is 15.8 Å². The lowest BCUT2D eigenvalue weighted by atomic mass is 10.3. The van der Waals surface area contributed by atoms with Gasteiger partial charge in [0, 0.05) is 0 Å². The zero-order valence-corrected chi connectivity index (χ0v) is 11.2. The second kappa shape index (κ2) is 5.63. The van der Waals surface area contributed by atoms with Crippen LogP contribution in [0.3, 0.4) is 0 Å². The van der Waals surface area contributed by atoms with Gasteiger partial charge in [-0.2, -0.15) is 0 Å². The van der Waals surface area contributed by atoms with Crippen molar-refractivity contribution in [3.05, 3.63) is 28.5 Å². The van der Waals surface area contributed by atoms with E-state index in [9.17, 15) is 12.8 Å². The van der Waals surface area contributed by atoms with Gasteiger partial charge in [0.1, 0.15) is 5.82 Å². The van der Waals surface area contributed by atoms with Gasteiger partial charge in [-0.15, -0.1) is 0 Å². The quantitative estimate of drug-likeness (QED) is 0.908. The second-order valence-electron chi connectivity index (χ2n) is 3.40. The highest BCUT2D eigenvalue weighted by molar-refractivity contribution is 9.10. The fourth-order valence-corrected chi connectivity index (χ4v) is 2.63. The summed E-state index contributed by atoms with van der Waals surface area (Å²) in [7, 11) is -3.36. The fraction of sp³-hybridized carbons (Fsp3) is 0.400. The Bertz CT molecular complexity index is 462. The van der Waals surface area contributed by atoms with Crippen LogP contribution in [0.15, 0.2) is 22.7 Å². The van der Waals surface area contributed by atoms with Crippen LogP contribution >= 0.6 is 15.9 Å². The van der Waals surface area contributed by atoms with E-state index in [0.717, 1.165) is 12.5 Å². The maximum atomic E-state index is 13.1. The summed E-state index contributed by atoms with van der Waals surface area (Å²) in [6, 6.07) is 4.12. The van der Waals surface area contributed by atoms with Gasteiger partial charge >= 0.3 is 0 Å². The lowest BCUT2D eigenvalue weighted by molar-refractivity contribution is 0.597. The Morgan fingerprint density at radius 1 is 1.44 bits per heavy atom. The fourth-order valence-electron chi connectivity index (χ4n) is 1.12. The number of nitrogens with one attached hydrogen (secondary N) is 1. The minimum atomic E-state index is -3.36. The van der Waals surface area contributed by atoms with Crippen molar-refractivity contribution in [2.45, 2.75) is 19.8 Å². The van der Waals surface area contributed by atoms with Crippen molar-refractivity contribution in [1.29, 1.82) is 0 Å². The molecule has 16 heavy (non-hydrogen) atoms. The van der Waals surface area contributed by atoms with Gasteiger partial charge in [0.05, 0.1) is 15.9 Å². The average molecular weight is 310 g/mol. The molecule has 0 atom stereocenters. The molecule has 1 aromatic carbocycles. The first kappa shape index (κ1) is 13.4. The Morgan fingerprint density at radius 3 is 2.69 bits per heavy atom. The lowest BCUT2D eigenvalue weighted by Gasteiger charge is -2.07. The summed E-state index contributed by atoms with van der Waals surface area (Å²) in [5.74, 6) is -0.433. The predicted molar refractivity (Wildman–Crippen MR) is 66.4 cm³/mol. The summed E-state index contributed by atoms with van der Waals surface area (Å²) >= 11 is 3.00. The predicted octanol–water partition coefficient (Wildman–Crippen LogP) is 3.13. The highest BCUT2D eigenvalue weighted by Crippen LogP contribution is 2.20. The number of halogens is 2. The molecule has 6 heteroatoms. The lowest BCUT2D eigenvalue weighted by Crippen LogP contribution is -2.16. The first-order valence-electron chi connectivity index (χ1n) is 4.90. The van der Waals surface area contributed by atoms with Crippen LogP contribution in [0.4, 0.5) is 10.1 Å². The summed E-state index contributed by atoms with van der Waals surface area (Å²) in [6.45, 7) is 1.91. The normalized spacial score (nSPS) is 11.4. The maximum Gasteiger partial charge on any atom is 0.232 e. The van der Waals surface area contributed by atoms with Crippen molar-refractivity contribution < 1.29 is 12.8 Å². The molecular formula is C10H13BrFNO2S. The van der Waals surface area contributed by atoms with Gasteiger partial charge in [0.2, 0.25) is 10.0 Å². The van der Waals surface area contributed by atoms with Gasteiger partial charge < -0.3 is 0 Å². The van der Waals surface area contributed by atoms with Crippen LogP contribution in [-0.4, -0.2) is 14.2 Å². The van der Waals surface area contributed by atoms with Gasteiger partial charge in [-0.25, -0.2) is 12.8 Å². The molecule has 0 fully saturated rings. The molecule has 0 saturated heterocycles. The molecule has 3 nitrogen and oxygen atoms in total. The van der Waals surface area contributed by atoms with Crippen LogP contribution < -0.4 is 4.72 Å². The summed E-state index contributed by atoms with van der Waals surface area (Å²) in [4.78, 5) is 0. The van der Waals surface area contributed by atoms with Crippen molar-refractivity contribution in [3.63, 3.8) is 0 Å². The van der Waals surface area contributed by atoms with Crippen molar-refractivity contribution >= 4 is 31.6 Å². The molecule has 0 heterocycles. The molecule has 1 N–H and O–H groups in total. The largest absolute Gasteiger partial charge is 0.283 e. The van der Waals surface area contributed by atoms with Gasteiger partial charge in [0.15, 0.2) is 0 Å². The molecule has 90 valence electrons. The number of hydrogen-bond donors (Lipinski definition) is 1. The minimum absolute atomic E-state index is 0.0567. The van der Waals surface area contributed by atoms with Crippen LogP contribution in [0.5, 0.6) is 0 Å². The number of unbranched alkanes of at least 4 members (excludes halogenated alkanes) is 1. The molecule has 0 radical (unpaired) electrons. The molecule has 0 aliphatic carbocycles. The van der Waals surface area contributed by atoms with Gasteiger partial charge in [-0.3, -0.25) is 4.72 Å². The van der Waals surface area contributed by atoms with Gasteiger partial charge in [0.25, 0.3) is 0 Å². The average Bonchev–Trinajstić information content (AvgIpc) is 2.20. The first-order chi connectivity index (χ1) is 7.44. The molecule has 0 amide bonds. The van der Waals surface area contributed by atoms with E-state index in [0.29, 0.717) is 10.9 Å². The standard InChI is InChI=1S/C10H13BrFNO2S/c1-2-3-6-16(14,15)13-8-4-5-9(11)10(12)7-8/h4-5,7,13H,2-3,6H2,1H3. The minimum Gasteiger partial charge on any atom is -0.283 e. The summed E-state index contributed by atoms with van der Waals surface area (Å²) in [6.07, 6.45) is 1.39. The maximum absolute atomic E-state index is 13.1. The van der Waals surface area contributed by atoms with Crippen molar-refractivity contribution in [3.8, 4) is 0 Å². The van der Waals surface area contributed by atoms with E-state index in [1.807, 2.05) is 6.92 Å². The van der Waals surface area contributed by atoms with Crippen molar-refractivity contribution in [2.75, 3.05) is 10.5 Å². The molecule has 0 bridgehead atoms. The molecule has 1 rings (SSSR count). The molecule has 0 unspecified atom stereocenters. The highest BCUT2D eigenvalue weighted by Gasteiger charge is 2.10.